The first kappa shape index (κ1) is 30.1. The van der Waals surface area contributed by atoms with E-state index in [2.05, 4.69) is 39.5 Å². The van der Waals surface area contributed by atoms with E-state index < -0.39 is 27.0 Å². The van der Waals surface area contributed by atoms with Crippen molar-refractivity contribution in [2.45, 2.75) is 75.6 Å². The van der Waals surface area contributed by atoms with Crippen LogP contribution in [0.15, 0.2) is 48.0 Å². The molecule has 228 valence electrons. The second-order valence-corrected chi connectivity index (χ2v) is 15.7. The van der Waals surface area contributed by atoms with Gasteiger partial charge in [0, 0.05) is 39.9 Å². The van der Waals surface area contributed by atoms with Crippen LogP contribution in [0.3, 0.4) is 0 Å². The number of amides is 1. The van der Waals surface area contributed by atoms with E-state index in [1.54, 1.807) is 6.07 Å². The molecule has 1 saturated carbocycles. The first-order chi connectivity index (χ1) is 20.6. The van der Waals surface area contributed by atoms with Crippen molar-refractivity contribution < 1.29 is 18.8 Å². The largest absolute Gasteiger partial charge is 0.490 e. The maximum Gasteiger partial charge on any atom is 0.262 e. The van der Waals surface area contributed by atoms with Crippen LogP contribution in [0.5, 0.6) is 5.75 Å². The number of hydrogen-bond acceptors (Lipinski definition) is 5. The lowest BCUT2D eigenvalue weighted by atomic mass is 9.68. The predicted molar refractivity (Wildman–Crippen MR) is 175 cm³/mol. The first-order valence-corrected chi connectivity index (χ1v) is 17.6. The summed E-state index contributed by atoms with van der Waals surface area (Å²) in [6, 6.07) is 11.8. The Bertz CT molecular complexity index is 1620. The average molecular weight is 621 g/mol. The normalized spacial score (nSPS) is 33.6. The van der Waals surface area contributed by atoms with Crippen LogP contribution >= 0.6 is 11.6 Å². The van der Waals surface area contributed by atoms with Crippen molar-refractivity contribution >= 4 is 38.8 Å². The van der Waals surface area contributed by atoms with Gasteiger partial charge in [-0.05, 0) is 124 Å². The van der Waals surface area contributed by atoms with Crippen LogP contribution in [-0.4, -0.2) is 52.1 Å². The Morgan fingerprint density at radius 3 is 2.79 bits per heavy atom. The summed E-state index contributed by atoms with van der Waals surface area (Å²) in [5.74, 6) is 11.2. The summed E-state index contributed by atoms with van der Waals surface area (Å²) in [6.45, 7) is 5.70. The number of fused-ring (bicyclic) bond motifs is 4. The Hall–Kier alpha value is -2.92. The lowest BCUT2D eigenvalue weighted by molar-refractivity contribution is 0.0982. The number of nitrogens with one attached hydrogen (secondary N) is 1. The quantitative estimate of drug-likeness (QED) is 0.292. The highest BCUT2D eigenvalue weighted by Gasteiger charge is 2.44. The molecule has 2 aliphatic carbocycles. The van der Waals surface area contributed by atoms with Gasteiger partial charge in [-0.25, -0.2) is 4.21 Å². The molecule has 0 radical (unpaired) electrons. The van der Waals surface area contributed by atoms with Gasteiger partial charge in [-0.2, -0.15) is 0 Å². The van der Waals surface area contributed by atoms with Gasteiger partial charge < -0.3 is 14.7 Å². The zero-order valence-electron chi connectivity index (χ0n) is 25.0. The van der Waals surface area contributed by atoms with Gasteiger partial charge >= 0.3 is 0 Å². The van der Waals surface area contributed by atoms with Crippen LogP contribution in [-0.2, 0) is 21.5 Å². The molecule has 2 bridgehead atoms. The van der Waals surface area contributed by atoms with E-state index in [1.165, 1.54) is 11.1 Å². The van der Waals surface area contributed by atoms with Crippen molar-refractivity contribution in [1.82, 2.24) is 4.72 Å². The maximum absolute atomic E-state index is 13.5. The number of aliphatic hydroxyl groups excluding tert-OH is 1. The molecule has 2 aliphatic heterocycles. The fourth-order valence-electron chi connectivity index (χ4n) is 7.34. The minimum Gasteiger partial charge on any atom is -0.490 e. The lowest BCUT2D eigenvalue weighted by Crippen LogP contribution is -2.48. The smallest absolute Gasteiger partial charge is 0.262 e. The predicted octanol–water partition coefficient (Wildman–Crippen LogP) is 5.69. The van der Waals surface area contributed by atoms with Crippen molar-refractivity contribution in [3.05, 3.63) is 69.8 Å². The number of anilines is 1. The summed E-state index contributed by atoms with van der Waals surface area (Å²) in [5, 5.41) is 11.3. The maximum atomic E-state index is 13.5. The second-order valence-electron chi connectivity index (χ2n) is 12.8. The number of aryl methyl sites for hydroxylation is 1. The van der Waals surface area contributed by atoms with E-state index in [9.17, 15) is 14.1 Å². The van der Waals surface area contributed by atoms with Crippen molar-refractivity contribution in [3.63, 3.8) is 0 Å². The van der Waals surface area contributed by atoms with E-state index in [4.69, 9.17) is 16.3 Å². The van der Waals surface area contributed by atoms with Gasteiger partial charge in [-0.1, -0.05) is 23.6 Å². The average Bonchev–Trinajstić information content (AvgIpc) is 3.10. The molecule has 2 heterocycles. The van der Waals surface area contributed by atoms with Gasteiger partial charge in [0.2, 0.25) is 0 Å². The number of allylic oxidation sites excluding steroid dienone is 1. The molecule has 1 unspecified atom stereocenters. The van der Waals surface area contributed by atoms with E-state index in [0.29, 0.717) is 30.9 Å². The highest BCUT2D eigenvalue weighted by molar-refractivity contribution is 7.99. The van der Waals surface area contributed by atoms with Gasteiger partial charge in [-0.3, -0.25) is 9.52 Å². The molecule has 43 heavy (non-hydrogen) atoms. The fourth-order valence-corrected chi connectivity index (χ4v) is 8.68. The molecule has 1 amide bonds. The van der Waals surface area contributed by atoms with E-state index >= 15 is 0 Å². The Morgan fingerprint density at radius 2 is 2.02 bits per heavy atom. The van der Waals surface area contributed by atoms with Gasteiger partial charge in [0.15, 0.2) is 0 Å². The van der Waals surface area contributed by atoms with Gasteiger partial charge in [0.1, 0.15) is 5.75 Å². The molecule has 6 atom stereocenters. The summed E-state index contributed by atoms with van der Waals surface area (Å²) in [5.41, 5.74) is 4.63. The Labute approximate surface area is 261 Å². The lowest BCUT2D eigenvalue weighted by Gasteiger charge is -2.44. The molecule has 8 heteroatoms. The molecule has 0 aromatic heterocycles. The number of ether oxygens (including phenoxy) is 1. The molecule has 1 spiro atoms. The third kappa shape index (κ3) is 5.94. The van der Waals surface area contributed by atoms with Crippen LogP contribution in [0.4, 0.5) is 5.69 Å². The second kappa shape index (κ2) is 11.9. The Balaban J connectivity index is 1.45. The van der Waals surface area contributed by atoms with Gasteiger partial charge in [-0.15, -0.1) is 5.92 Å². The highest BCUT2D eigenvalue weighted by Crippen LogP contribution is 2.47. The van der Waals surface area contributed by atoms with E-state index in [1.807, 2.05) is 38.1 Å². The third-order valence-corrected chi connectivity index (χ3v) is 12.3. The SMILES string of the molecule is C=S1(=O)NC(=O)c2ccc3c(c2)N(C[C@@H]2CC[C@H]2/C(C#CC)=C/[C@@H](O)CC[C@H]1C)C[C@@]1(CCCc2cc(Cl)ccc21)CO3. The zero-order valence-corrected chi connectivity index (χ0v) is 26.6. The minimum absolute atomic E-state index is 0.227. The van der Waals surface area contributed by atoms with Crippen molar-refractivity contribution in [1.29, 1.82) is 0 Å². The van der Waals surface area contributed by atoms with Crippen LogP contribution in [0.1, 0.15) is 73.9 Å². The minimum atomic E-state index is -2.96. The molecular weight excluding hydrogens is 580 g/mol. The molecule has 6 rings (SSSR count). The molecule has 6 nitrogen and oxygen atoms in total. The monoisotopic (exact) mass is 620 g/mol. The number of carbonyl (C=O) groups is 1. The molecule has 2 N–H and O–H groups in total. The summed E-state index contributed by atoms with van der Waals surface area (Å²) in [4.78, 5) is 15.9. The standard InChI is InChI=1S/C35H41ClN2O4S/c1-4-6-24-18-29(39)12-8-23(2)43(3,41)37-34(40)26-10-15-33-32(19-26)38(20-27-9-13-30(24)27)21-35(22-42-33)16-5-7-25-17-28(36)11-14-31(25)35/h10-11,14-15,17-19,23,27,29-30,39H,3,5,7-9,12-13,16,20-22H2,1-2H3,(H,37,40,41)/b24-18+/t23-,27+,29+,30+,35+,43?/m1/s1. The Morgan fingerprint density at radius 1 is 1.19 bits per heavy atom. The third-order valence-electron chi connectivity index (χ3n) is 10.00. The number of hydrogen-bond donors (Lipinski definition) is 2. The number of carbonyl (C=O) groups excluding carboxylic acids is 1. The number of halogens is 1. The van der Waals surface area contributed by atoms with Crippen molar-refractivity contribution in [3.8, 4) is 17.6 Å². The highest BCUT2D eigenvalue weighted by atomic mass is 35.5. The van der Waals surface area contributed by atoms with E-state index in [-0.39, 0.29) is 11.3 Å². The van der Waals surface area contributed by atoms with Crippen molar-refractivity contribution in [2.75, 3.05) is 24.6 Å². The van der Waals surface area contributed by atoms with Crippen LogP contribution < -0.4 is 14.4 Å². The number of nitrogens with zero attached hydrogens (tertiary/aromatic N) is 1. The number of benzene rings is 2. The molecule has 1 fully saturated rings. The van der Waals surface area contributed by atoms with Crippen LogP contribution in [0.2, 0.25) is 5.02 Å². The van der Waals surface area contributed by atoms with Crippen LogP contribution in [0.25, 0.3) is 0 Å². The van der Waals surface area contributed by atoms with Gasteiger partial charge in [0.05, 0.1) is 28.1 Å². The molecular formula is C35H41ClN2O4S. The van der Waals surface area contributed by atoms with Gasteiger partial charge in [0.25, 0.3) is 5.91 Å². The van der Waals surface area contributed by atoms with E-state index in [0.717, 1.165) is 67.2 Å². The molecule has 4 aliphatic rings. The number of rotatable bonds is 0. The summed E-state index contributed by atoms with van der Waals surface area (Å²) in [6.07, 6.45) is 7.19. The molecule has 2 aromatic carbocycles. The molecule has 0 saturated heterocycles. The molecule has 2 aromatic rings. The summed E-state index contributed by atoms with van der Waals surface area (Å²) in [7, 11) is -2.96. The number of aliphatic hydroxyl groups is 1. The zero-order chi connectivity index (χ0) is 30.4. The van der Waals surface area contributed by atoms with Crippen LogP contribution in [0, 0.1) is 23.7 Å². The Kier molecular flexibility index (Phi) is 8.32. The van der Waals surface area contributed by atoms with Crippen molar-refractivity contribution in [2.24, 2.45) is 11.8 Å². The topological polar surface area (TPSA) is 78.9 Å². The summed E-state index contributed by atoms with van der Waals surface area (Å²) < 4.78 is 22.8. The fraction of sp³-hybridized carbons (Fsp3) is 0.486. The summed E-state index contributed by atoms with van der Waals surface area (Å²) >= 11 is 6.42. The first-order valence-electron chi connectivity index (χ1n) is 15.4.